The molecule has 2 heterocycles. The third kappa shape index (κ3) is 1.93. The van der Waals surface area contributed by atoms with E-state index >= 15 is 0 Å². The molecule has 2 aliphatic rings. The Bertz CT molecular complexity index is 803. The molecule has 0 fully saturated rings. The molecule has 2 aromatic rings. The molecule has 0 radical (unpaired) electrons. The van der Waals surface area contributed by atoms with Gasteiger partial charge in [-0.1, -0.05) is 48.5 Å². The summed E-state index contributed by atoms with van der Waals surface area (Å²) in [7, 11) is 1.66. The van der Waals surface area contributed by atoms with Gasteiger partial charge in [0, 0.05) is 19.0 Å². The summed E-state index contributed by atoms with van der Waals surface area (Å²) in [6.45, 7) is 0. The lowest BCUT2D eigenvalue weighted by Gasteiger charge is -2.36. The van der Waals surface area contributed by atoms with Gasteiger partial charge in [0.15, 0.2) is 11.5 Å². The third-order valence-electron chi connectivity index (χ3n) is 4.56. The van der Waals surface area contributed by atoms with E-state index in [1.807, 2.05) is 54.6 Å². The number of fused-ring (bicyclic) bond motifs is 2. The molecule has 1 spiro atoms. The fraction of sp³-hybridized carbons (Fsp3) is 0.222. The number of nitrogens with zero attached hydrogens (tertiary/aromatic N) is 2. The Morgan fingerprint density at radius 2 is 1.87 bits per heavy atom. The van der Waals surface area contributed by atoms with Crippen molar-refractivity contribution in [2.45, 2.75) is 18.1 Å². The number of guanidine groups is 1. The molecule has 5 heteroatoms. The number of amides is 1. The summed E-state index contributed by atoms with van der Waals surface area (Å²) in [6.07, 6.45) is 0.204. The maximum Gasteiger partial charge on any atom is 0.261 e. The fourth-order valence-electron chi connectivity index (χ4n) is 3.35. The molecule has 2 aliphatic heterocycles. The van der Waals surface area contributed by atoms with Crippen molar-refractivity contribution in [3.8, 4) is 5.75 Å². The van der Waals surface area contributed by atoms with Gasteiger partial charge in [0.05, 0.1) is 0 Å². The second-order valence-corrected chi connectivity index (χ2v) is 5.91. The van der Waals surface area contributed by atoms with Crippen LogP contribution in [0.15, 0.2) is 59.6 Å². The summed E-state index contributed by atoms with van der Waals surface area (Å²) in [5, 5.41) is 0. The van der Waals surface area contributed by atoms with Crippen molar-refractivity contribution >= 4 is 11.9 Å². The largest absolute Gasteiger partial charge is 0.485 e. The van der Waals surface area contributed by atoms with Crippen LogP contribution in [0.3, 0.4) is 0 Å². The number of likely N-dealkylation sites (N-methyl/N-ethyl adjacent to an activating group) is 1. The molecule has 2 atom stereocenters. The Morgan fingerprint density at radius 3 is 2.57 bits per heavy atom. The molecule has 0 saturated carbocycles. The van der Waals surface area contributed by atoms with Crippen molar-refractivity contribution in [2.75, 3.05) is 7.05 Å². The van der Waals surface area contributed by atoms with E-state index in [0.29, 0.717) is 12.2 Å². The highest BCUT2D eigenvalue weighted by Gasteiger charge is 2.53. The van der Waals surface area contributed by atoms with Crippen LogP contribution < -0.4 is 10.5 Å². The zero-order valence-electron chi connectivity index (χ0n) is 12.8. The quantitative estimate of drug-likeness (QED) is 0.878. The van der Waals surface area contributed by atoms with Crippen LogP contribution in [0.5, 0.6) is 5.75 Å². The Balaban J connectivity index is 1.87. The van der Waals surface area contributed by atoms with E-state index in [4.69, 9.17) is 10.5 Å². The minimum Gasteiger partial charge on any atom is -0.485 e. The van der Waals surface area contributed by atoms with E-state index in [1.165, 1.54) is 4.90 Å². The number of ether oxygens (including phenoxy) is 1. The maximum atomic E-state index is 12.9. The molecule has 0 bridgehead atoms. The monoisotopic (exact) mass is 307 g/mol. The Labute approximate surface area is 134 Å². The van der Waals surface area contributed by atoms with Crippen LogP contribution in [0.2, 0.25) is 0 Å². The number of aliphatic imine (C=N–C) groups is 1. The number of para-hydroxylation sites is 1. The second-order valence-electron chi connectivity index (χ2n) is 5.91. The molecule has 116 valence electrons. The first kappa shape index (κ1) is 13.8. The SMILES string of the molecule is CN1C(=O)C2(CC(c3ccccc3)Oc3ccccc32)N=C1N. The van der Waals surface area contributed by atoms with Crippen LogP contribution in [0.4, 0.5) is 0 Å². The van der Waals surface area contributed by atoms with Crippen molar-refractivity contribution in [1.29, 1.82) is 0 Å². The van der Waals surface area contributed by atoms with Gasteiger partial charge in [0.1, 0.15) is 11.9 Å². The molecule has 2 aromatic carbocycles. The predicted molar refractivity (Wildman–Crippen MR) is 86.9 cm³/mol. The first-order chi connectivity index (χ1) is 11.1. The van der Waals surface area contributed by atoms with Crippen LogP contribution in [-0.2, 0) is 10.3 Å². The van der Waals surface area contributed by atoms with Gasteiger partial charge in [0.25, 0.3) is 5.91 Å². The van der Waals surface area contributed by atoms with Crippen molar-refractivity contribution in [3.05, 3.63) is 65.7 Å². The van der Waals surface area contributed by atoms with Crippen molar-refractivity contribution in [1.82, 2.24) is 4.90 Å². The fourth-order valence-corrected chi connectivity index (χ4v) is 3.35. The molecule has 5 nitrogen and oxygen atoms in total. The molecule has 4 rings (SSSR count). The molecular weight excluding hydrogens is 290 g/mol. The number of rotatable bonds is 1. The van der Waals surface area contributed by atoms with Crippen molar-refractivity contribution in [3.63, 3.8) is 0 Å². The molecule has 0 aromatic heterocycles. The first-order valence-electron chi connectivity index (χ1n) is 7.56. The summed E-state index contributed by atoms with van der Waals surface area (Å²) in [6, 6.07) is 17.5. The van der Waals surface area contributed by atoms with Crippen LogP contribution in [0.1, 0.15) is 23.7 Å². The minimum absolute atomic E-state index is 0.105. The highest BCUT2D eigenvalue weighted by atomic mass is 16.5. The average molecular weight is 307 g/mol. The first-order valence-corrected chi connectivity index (χ1v) is 7.56. The molecular formula is C18H17N3O2. The van der Waals surface area contributed by atoms with Gasteiger partial charge in [-0.3, -0.25) is 9.69 Å². The normalized spacial score (nSPS) is 26.0. The van der Waals surface area contributed by atoms with Gasteiger partial charge in [-0.15, -0.1) is 0 Å². The lowest BCUT2D eigenvalue weighted by Crippen LogP contribution is -2.43. The summed E-state index contributed by atoms with van der Waals surface area (Å²) < 4.78 is 6.14. The molecule has 1 amide bonds. The van der Waals surface area contributed by atoms with Crippen molar-refractivity contribution in [2.24, 2.45) is 10.7 Å². The number of hydrogen-bond donors (Lipinski definition) is 1. The summed E-state index contributed by atoms with van der Waals surface area (Å²) in [4.78, 5) is 18.9. The van der Waals surface area contributed by atoms with E-state index < -0.39 is 5.54 Å². The minimum atomic E-state index is -0.992. The Kier molecular flexibility index (Phi) is 2.91. The van der Waals surface area contributed by atoms with E-state index in [9.17, 15) is 4.79 Å². The predicted octanol–water partition coefficient (Wildman–Crippen LogP) is 2.19. The summed E-state index contributed by atoms with van der Waals surface area (Å²) >= 11 is 0. The Hall–Kier alpha value is -2.82. The number of benzene rings is 2. The van der Waals surface area contributed by atoms with Gasteiger partial charge in [-0.2, -0.15) is 0 Å². The second kappa shape index (κ2) is 4.84. The third-order valence-corrected chi connectivity index (χ3v) is 4.56. The molecule has 0 saturated heterocycles. The van der Waals surface area contributed by atoms with Crippen LogP contribution in [-0.4, -0.2) is 23.8 Å². The molecule has 2 unspecified atom stereocenters. The zero-order chi connectivity index (χ0) is 16.0. The van der Waals surface area contributed by atoms with Crippen molar-refractivity contribution < 1.29 is 9.53 Å². The van der Waals surface area contributed by atoms with Crippen LogP contribution >= 0.6 is 0 Å². The number of carbonyl (C=O) groups is 1. The lowest BCUT2D eigenvalue weighted by atomic mass is 9.80. The van der Waals surface area contributed by atoms with Gasteiger partial charge in [0.2, 0.25) is 0 Å². The van der Waals surface area contributed by atoms with Crippen LogP contribution in [0.25, 0.3) is 0 Å². The topological polar surface area (TPSA) is 67.9 Å². The van der Waals surface area contributed by atoms with Gasteiger partial charge < -0.3 is 10.5 Å². The molecule has 23 heavy (non-hydrogen) atoms. The Morgan fingerprint density at radius 1 is 1.17 bits per heavy atom. The molecule has 0 aliphatic carbocycles. The number of hydrogen-bond acceptors (Lipinski definition) is 4. The van der Waals surface area contributed by atoms with E-state index in [-0.39, 0.29) is 18.0 Å². The van der Waals surface area contributed by atoms with E-state index in [1.54, 1.807) is 7.05 Å². The van der Waals surface area contributed by atoms with E-state index in [0.717, 1.165) is 11.1 Å². The highest BCUT2D eigenvalue weighted by Crippen LogP contribution is 2.49. The van der Waals surface area contributed by atoms with Crippen LogP contribution in [0, 0.1) is 0 Å². The van der Waals surface area contributed by atoms with Gasteiger partial charge >= 0.3 is 0 Å². The van der Waals surface area contributed by atoms with Gasteiger partial charge in [-0.05, 0) is 11.6 Å². The van der Waals surface area contributed by atoms with Gasteiger partial charge in [-0.25, -0.2) is 4.99 Å². The smallest absolute Gasteiger partial charge is 0.261 e. The number of nitrogens with two attached hydrogens (primary N) is 1. The zero-order valence-corrected chi connectivity index (χ0v) is 12.8. The lowest BCUT2D eigenvalue weighted by molar-refractivity contribution is -0.132. The molecule has 2 N–H and O–H groups in total. The summed E-state index contributed by atoms with van der Waals surface area (Å²) in [5.41, 5.74) is 6.75. The van der Waals surface area contributed by atoms with E-state index in [2.05, 4.69) is 4.99 Å². The summed E-state index contributed by atoms with van der Waals surface area (Å²) in [5.74, 6) is 0.831. The standard InChI is InChI=1S/C18H17N3O2/c1-21-16(22)18(20-17(21)19)11-15(12-7-3-2-4-8-12)23-14-10-6-5-9-13(14)18/h2-10,15H,11H2,1H3,(H2,19,20). The average Bonchev–Trinajstić information content (AvgIpc) is 2.80. The maximum absolute atomic E-state index is 12.9. The number of carbonyl (C=O) groups excluding carboxylic acids is 1. The highest BCUT2D eigenvalue weighted by molar-refractivity contribution is 6.07.